The average Bonchev–Trinajstić information content (AvgIpc) is 3.12. The number of carbonyl (C=O) groups excluding carboxylic acids is 3. The molecule has 0 aliphatic rings. The lowest BCUT2D eigenvalue weighted by atomic mass is 10.1. The van der Waals surface area contributed by atoms with Crippen molar-refractivity contribution < 1.29 is 38.2 Å². The Morgan fingerprint density at radius 2 is 0.926 bits per heavy atom. The van der Waals surface area contributed by atoms with Crippen molar-refractivity contribution in [2.45, 2.75) is 212 Å². The lowest BCUT2D eigenvalue weighted by Crippen LogP contribution is -2.55. The van der Waals surface area contributed by atoms with Crippen LogP contribution >= 0.6 is 0 Å². The van der Waals surface area contributed by atoms with Gasteiger partial charge in [-0.2, -0.15) is 0 Å². The van der Waals surface area contributed by atoms with Crippen LogP contribution in [0.1, 0.15) is 200 Å². The molecule has 0 spiro atoms. The van der Waals surface area contributed by atoms with Gasteiger partial charge in [0.25, 0.3) is 0 Å². The number of hydrogen-bond donors (Lipinski definition) is 0. The van der Waals surface area contributed by atoms with Crippen molar-refractivity contribution >= 4 is 17.9 Å². The molecule has 0 aliphatic heterocycles. The van der Waals surface area contributed by atoms with Crippen molar-refractivity contribution in [1.29, 1.82) is 0 Å². The van der Waals surface area contributed by atoms with E-state index in [1.54, 1.807) is 21.1 Å². The summed E-state index contributed by atoms with van der Waals surface area (Å²) >= 11 is 0. The van der Waals surface area contributed by atoms with E-state index in [4.69, 9.17) is 14.2 Å². The van der Waals surface area contributed by atoms with Gasteiger partial charge in [-0.25, -0.2) is 0 Å². The average molecular weight is 764 g/mol. The van der Waals surface area contributed by atoms with Crippen LogP contribution in [0.2, 0.25) is 0 Å². The van der Waals surface area contributed by atoms with Crippen molar-refractivity contribution in [2.75, 3.05) is 41.0 Å². The van der Waals surface area contributed by atoms with Gasteiger partial charge in [0.15, 0.2) is 6.10 Å². The highest BCUT2D eigenvalue weighted by Gasteiger charge is 2.25. The van der Waals surface area contributed by atoms with Gasteiger partial charge in [0.05, 0.1) is 40.3 Å². The number of aliphatic carboxylic acids is 1. The molecule has 0 fully saturated rings. The summed E-state index contributed by atoms with van der Waals surface area (Å²) in [6.07, 6.45) is 40.5. The summed E-state index contributed by atoms with van der Waals surface area (Å²) in [4.78, 5) is 36.8. The summed E-state index contributed by atoms with van der Waals surface area (Å²) in [5.74, 6) is -1.75. The molecule has 0 bridgehead atoms. The van der Waals surface area contributed by atoms with E-state index in [-0.39, 0.29) is 42.7 Å². The van der Waals surface area contributed by atoms with Crippen LogP contribution in [-0.2, 0) is 28.6 Å². The third-order valence-corrected chi connectivity index (χ3v) is 10.1. The zero-order chi connectivity index (χ0) is 40.0. The molecular formula is C46H85NO7. The second kappa shape index (κ2) is 37.7. The molecule has 0 rings (SSSR count). The number of carboxylic acids is 1. The Bertz CT molecular complexity index is 942. The van der Waals surface area contributed by atoms with Gasteiger partial charge in [-0.3, -0.25) is 9.59 Å². The van der Waals surface area contributed by atoms with Crippen molar-refractivity contribution in [3.63, 3.8) is 0 Å². The molecule has 316 valence electrons. The molecule has 0 aliphatic carbocycles. The zero-order valence-corrected chi connectivity index (χ0v) is 35.9. The Hall–Kier alpha value is -2.19. The van der Waals surface area contributed by atoms with Crippen LogP contribution in [0.25, 0.3) is 0 Å². The van der Waals surface area contributed by atoms with Crippen LogP contribution in [0.4, 0.5) is 0 Å². The number of unbranched alkanes of at least 4 members (excludes halogenated alkanes) is 22. The SMILES string of the molecule is CCCCCCCC/C=C/CCCCCCCCCC(=O)OCC(COCCC(C(=O)[O-])[N+](C)(C)C)OC(=O)CCCCC/C=C/CCCCCCCC. The fourth-order valence-electron chi connectivity index (χ4n) is 6.53. The van der Waals surface area contributed by atoms with Crippen molar-refractivity contribution in [1.82, 2.24) is 0 Å². The second-order valence-corrected chi connectivity index (χ2v) is 16.3. The number of ether oxygens (including phenoxy) is 3. The Balaban J connectivity index is 4.33. The predicted octanol–water partition coefficient (Wildman–Crippen LogP) is 10.7. The number of rotatable bonds is 40. The van der Waals surface area contributed by atoms with Gasteiger partial charge in [-0.1, -0.05) is 141 Å². The minimum absolute atomic E-state index is 0.0360. The number of allylic oxidation sites excluding steroid dienone is 4. The van der Waals surface area contributed by atoms with Crippen molar-refractivity contribution in [3.05, 3.63) is 24.3 Å². The van der Waals surface area contributed by atoms with E-state index in [0.717, 1.165) is 51.4 Å². The van der Waals surface area contributed by atoms with E-state index in [2.05, 4.69) is 38.2 Å². The normalized spacial score (nSPS) is 13.1. The largest absolute Gasteiger partial charge is 0.544 e. The van der Waals surface area contributed by atoms with Gasteiger partial charge in [-0.15, -0.1) is 0 Å². The summed E-state index contributed by atoms with van der Waals surface area (Å²) in [6.45, 7) is 4.64. The molecule has 0 saturated carbocycles. The van der Waals surface area contributed by atoms with Gasteiger partial charge >= 0.3 is 11.9 Å². The molecule has 54 heavy (non-hydrogen) atoms. The van der Waals surface area contributed by atoms with Crippen LogP contribution in [-0.4, -0.2) is 75.5 Å². The highest BCUT2D eigenvalue weighted by molar-refractivity contribution is 5.70. The number of esters is 2. The third-order valence-electron chi connectivity index (χ3n) is 10.1. The minimum atomic E-state index is -1.13. The lowest BCUT2D eigenvalue weighted by molar-refractivity contribution is -0.889. The number of carboxylic acid groups (broad SMARTS) is 1. The van der Waals surface area contributed by atoms with Crippen molar-refractivity contribution in [2.24, 2.45) is 0 Å². The topological polar surface area (TPSA) is 102 Å². The molecule has 0 radical (unpaired) electrons. The van der Waals surface area contributed by atoms with Crippen LogP contribution in [0.15, 0.2) is 24.3 Å². The first kappa shape index (κ1) is 51.8. The first-order valence-electron chi connectivity index (χ1n) is 22.4. The molecule has 0 amide bonds. The molecule has 2 atom stereocenters. The van der Waals surface area contributed by atoms with Crippen molar-refractivity contribution in [3.8, 4) is 0 Å². The quantitative estimate of drug-likeness (QED) is 0.0265. The van der Waals surface area contributed by atoms with Crippen LogP contribution in [0.3, 0.4) is 0 Å². The number of nitrogens with zero attached hydrogens (tertiary/aromatic N) is 1. The van der Waals surface area contributed by atoms with Crippen LogP contribution in [0, 0.1) is 0 Å². The number of carbonyl (C=O) groups is 3. The van der Waals surface area contributed by atoms with Gasteiger partial charge in [0, 0.05) is 19.3 Å². The molecule has 0 saturated heterocycles. The molecule has 2 unspecified atom stereocenters. The Labute approximate surface area is 332 Å². The van der Waals surface area contributed by atoms with Gasteiger partial charge < -0.3 is 28.6 Å². The Kier molecular flexibility index (Phi) is 36.2. The van der Waals surface area contributed by atoms with E-state index in [1.165, 1.54) is 116 Å². The number of likely N-dealkylation sites (N-methyl/N-ethyl adjacent to an activating group) is 1. The maximum absolute atomic E-state index is 12.7. The molecular weight excluding hydrogens is 679 g/mol. The molecule has 0 aromatic heterocycles. The summed E-state index contributed by atoms with van der Waals surface area (Å²) in [5.41, 5.74) is 0. The maximum Gasteiger partial charge on any atom is 0.306 e. The van der Waals surface area contributed by atoms with E-state index < -0.39 is 18.1 Å². The highest BCUT2D eigenvalue weighted by atomic mass is 16.6. The molecule has 0 aromatic rings. The lowest BCUT2D eigenvalue weighted by Gasteiger charge is -2.34. The standard InChI is InChI=1S/C46H85NO7/c1-6-8-10-12-14-16-18-20-21-22-23-25-26-28-30-32-34-36-44(48)53-41-42(40-52-39-38-43(46(50)51)47(3,4)5)54-45(49)37-35-33-31-29-27-24-19-17-15-13-11-9-7-2/h20-21,24,27,42-43H,6-19,22-23,25-26,28-41H2,1-5H3/b21-20+,27-24+. The molecule has 8 heteroatoms. The first-order chi connectivity index (χ1) is 26.1. The smallest absolute Gasteiger partial charge is 0.306 e. The van der Waals surface area contributed by atoms with E-state index in [9.17, 15) is 19.5 Å². The van der Waals surface area contributed by atoms with E-state index >= 15 is 0 Å². The molecule has 0 aromatic carbocycles. The molecule has 0 N–H and O–H groups in total. The van der Waals surface area contributed by atoms with E-state index in [0.29, 0.717) is 12.8 Å². The van der Waals surface area contributed by atoms with E-state index in [1.807, 2.05) is 0 Å². The first-order valence-corrected chi connectivity index (χ1v) is 22.4. The molecule has 8 nitrogen and oxygen atoms in total. The third kappa shape index (κ3) is 35.5. The van der Waals surface area contributed by atoms with Crippen LogP contribution in [0.5, 0.6) is 0 Å². The second-order valence-electron chi connectivity index (χ2n) is 16.3. The summed E-state index contributed by atoms with van der Waals surface area (Å²) < 4.78 is 17.1. The number of hydrogen-bond acceptors (Lipinski definition) is 7. The summed E-state index contributed by atoms with van der Waals surface area (Å²) in [6, 6.07) is -0.726. The minimum Gasteiger partial charge on any atom is -0.544 e. The van der Waals surface area contributed by atoms with Gasteiger partial charge in [-0.05, 0) is 64.2 Å². The maximum atomic E-state index is 12.7. The van der Waals surface area contributed by atoms with Crippen LogP contribution < -0.4 is 5.11 Å². The predicted molar refractivity (Wildman–Crippen MR) is 222 cm³/mol. The Morgan fingerprint density at radius 3 is 1.35 bits per heavy atom. The molecule has 0 heterocycles. The number of quaternary nitrogens is 1. The zero-order valence-electron chi connectivity index (χ0n) is 35.9. The monoisotopic (exact) mass is 764 g/mol. The summed E-state index contributed by atoms with van der Waals surface area (Å²) in [7, 11) is 5.40. The Morgan fingerprint density at radius 1 is 0.537 bits per heavy atom. The van der Waals surface area contributed by atoms with Gasteiger partial charge in [0.1, 0.15) is 12.6 Å². The fraction of sp³-hybridized carbons (Fsp3) is 0.848. The summed E-state index contributed by atoms with van der Waals surface area (Å²) in [5, 5.41) is 11.6. The highest BCUT2D eigenvalue weighted by Crippen LogP contribution is 2.14. The fourth-order valence-corrected chi connectivity index (χ4v) is 6.53. The van der Waals surface area contributed by atoms with Gasteiger partial charge in [0.2, 0.25) is 0 Å².